The van der Waals surface area contributed by atoms with E-state index in [0.29, 0.717) is 17.7 Å². The minimum absolute atomic E-state index is 0.183. The van der Waals surface area contributed by atoms with E-state index in [9.17, 15) is 4.79 Å². The number of rotatable bonds is 5. The number of aromatic nitrogens is 5. The molecule has 0 aliphatic heterocycles. The summed E-state index contributed by atoms with van der Waals surface area (Å²) >= 11 is 0. The Morgan fingerprint density at radius 3 is 2.55 bits per heavy atom. The maximum Gasteiger partial charge on any atom is 0.259 e. The first-order valence-electron chi connectivity index (χ1n) is 9.49. The largest absolute Gasteiger partial charge is 0.322 e. The van der Waals surface area contributed by atoms with Crippen LogP contribution in [-0.2, 0) is 6.42 Å². The Morgan fingerprint density at radius 2 is 1.86 bits per heavy atom. The van der Waals surface area contributed by atoms with Crippen molar-refractivity contribution in [2.45, 2.75) is 27.2 Å². The molecule has 146 valence electrons. The molecule has 0 unspecified atom stereocenters. The third kappa shape index (κ3) is 3.67. The summed E-state index contributed by atoms with van der Waals surface area (Å²) in [6.07, 6.45) is 3.97. The Bertz CT molecular complexity index is 1160. The predicted molar refractivity (Wildman–Crippen MR) is 112 cm³/mol. The summed E-state index contributed by atoms with van der Waals surface area (Å²) in [7, 11) is 0. The number of amides is 1. The predicted octanol–water partition coefficient (Wildman–Crippen LogP) is 3.88. The van der Waals surface area contributed by atoms with E-state index in [2.05, 4.69) is 20.6 Å². The van der Waals surface area contributed by atoms with Gasteiger partial charge in [-0.05, 0) is 50.6 Å². The Kier molecular flexibility index (Phi) is 4.95. The minimum Gasteiger partial charge on any atom is -0.322 e. The number of aryl methyl sites for hydroxylation is 2. The fourth-order valence-electron chi connectivity index (χ4n) is 3.29. The molecular weight excluding hydrogens is 364 g/mol. The van der Waals surface area contributed by atoms with Crippen LogP contribution in [0, 0.1) is 13.8 Å². The van der Waals surface area contributed by atoms with Gasteiger partial charge in [0, 0.05) is 5.69 Å². The first kappa shape index (κ1) is 18.6. The normalized spacial score (nSPS) is 10.9. The van der Waals surface area contributed by atoms with Crippen LogP contribution in [-0.4, -0.2) is 30.5 Å². The summed E-state index contributed by atoms with van der Waals surface area (Å²) in [6.45, 7) is 5.95. The fraction of sp³-hybridized carbons (Fsp3) is 0.182. The van der Waals surface area contributed by atoms with E-state index in [1.54, 1.807) is 12.5 Å². The van der Waals surface area contributed by atoms with Gasteiger partial charge in [-0.3, -0.25) is 9.36 Å². The monoisotopic (exact) mass is 386 g/mol. The lowest BCUT2D eigenvalue weighted by Crippen LogP contribution is -2.14. The molecule has 0 saturated heterocycles. The van der Waals surface area contributed by atoms with E-state index in [1.165, 1.54) is 5.56 Å². The Balaban J connectivity index is 1.61. The van der Waals surface area contributed by atoms with Crippen molar-refractivity contribution in [2.75, 3.05) is 5.32 Å². The van der Waals surface area contributed by atoms with Gasteiger partial charge in [-0.2, -0.15) is 5.10 Å². The van der Waals surface area contributed by atoms with Crippen molar-refractivity contribution in [3.63, 3.8) is 0 Å². The summed E-state index contributed by atoms with van der Waals surface area (Å²) in [4.78, 5) is 13.0. The zero-order valence-corrected chi connectivity index (χ0v) is 16.6. The number of nitrogens with one attached hydrogen (secondary N) is 1. The van der Waals surface area contributed by atoms with E-state index in [1.807, 2.05) is 78.6 Å². The molecule has 2 aromatic carbocycles. The summed E-state index contributed by atoms with van der Waals surface area (Å²) in [6, 6.07) is 15.7. The second-order valence-electron chi connectivity index (χ2n) is 6.86. The summed E-state index contributed by atoms with van der Waals surface area (Å²) < 4.78 is 3.69. The Morgan fingerprint density at radius 1 is 1.07 bits per heavy atom. The van der Waals surface area contributed by atoms with E-state index in [0.717, 1.165) is 22.9 Å². The van der Waals surface area contributed by atoms with Gasteiger partial charge in [-0.15, -0.1) is 10.2 Å². The molecule has 7 nitrogen and oxygen atoms in total. The molecule has 0 bridgehead atoms. The molecule has 2 heterocycles. The van der Waals surface area contributed by atoms with Crippen LogP contribution in [0.25, 0.3) is 11.4 Å². The van der Waals surface area contributed by atoms with Crippen molar-refractivity contribution in [1.29, 1.82) is 0 Å². The second-order valence-corrected chi connectivity index (χ2v) is 6.86. The topological polar surface area (TPSA) is 77.6 Å². The zero-order valence-electron chi connectivity index (χ0n) is 16.6. The van der Waals surface area contributed by atoms with Crippen molar-refractivity contribution < 1.29 is 4.79 Å². The molecule has 0 spiro atoms. The van der Waals surface area contributed by atoms with Gasteiger partial charge in [-0.1, -0.05) is 30.7 Å². The standard InChI is InChI=1S/C22H22N6O/c1-4-21-20(13-24-28(21)18-10-8-15(2)9-11-18)22(29)25-17-6-5-7-19(12-17)27-14-23-26-16(27)3/h5-14H,4H2,1-3H3,(H,25,29). The molecule has 0 saturated carbocycles. The van der Waals surface area contributed by atoms with Crippen LogP contribution in [0.3, 0.4) is 0 Å². The molecule has 0 aliphatic rings. The van der Waals surface area contributed by atoms with E-state index < -0.39 is 0 Å². The summed E-state index contributed by atoms with van der Waals surface area (Å²) in [5.41, 5.74) is 5.15. The Labute approximate surface area is 169 Å². The third-order valence-electron chi connectivity index (χ3n) is 4.83. The van der Waals surface area contributed by atoms with Crippen LogP contribution in [0.5, 0.6) is 0 Å². The van der Waals surface area contributed by atoms with Gasteiger partial charge in [0.1, 0.15) is 12.2 Å². The van der Waals surface area contributed by atoms with Crippen LogP contribution >= 0.6 is 0 Å². The van der Waals surface area contributed by atoms with Gasteiger partial charge < -0.3 is 5.32 Å². The summed E-state index contributed by atoms with van der Waals surface area (Å²) in [5, 5.41) is 15.4. The average molecular weight is 386 g/mol. The van der Waals surface area contributed by atoms with Crippen LogP contribution < -0.4 is 5.32 Å². The molecule has 0 aliphatic carbocycles. The van der Waals surface area contributed by atoms with Gasteiger partial charge in [0.05, 0.1) is 28.8 Å². The molecule has 2 aromatic heterocycles. The van der Waals surface area contributed by atoms with Crippen molar-refractivity contribution in [1.82, 2.24) is 24.5 Å². The molecule has 1 N–H and O–H groups in total. The highest BCUT2D eigenvalue weighted by molar-refractivity contribution is 6.05. The maximum absolute atomic E-state index is 13.0. The third-order valence-corrected chi connectivity index (χ3v) is 4.83. The van der Waals surface area contributed by atoms with Crippen molar-refractivity contribution in [3.05, 3.63) is 83.7 Å². The fourth-order valence-corrected chi connectivity index (χ4v) is 3.29. The van der Waals surface area contributed by atoms with Crippen LogP contribution in [0.2, 0.25) is 0 Å². The Hall–Kier alpha value is -3.74. The first-order chi connectivity index (χ1) is 14.1. The first-order valence-corrected chi connectivity index (χ1v) is 9.49. The number of benzene rings is 2. The highest BCUT2D eigenvalue weighted by atomic mass is 16.1. The minimum atomic E-state index is -0.183. The second kappa shape index (κ2) is 7.71. The molecular formula is C22H22N6O. The molecule has 0 atom stereocenters. The number of hydrogen-bond donors (Lipinski definition) is 1. The van der Waals surface area contributed by atoms with E-state index in [4.69, 9.17) is 0 Å². The maximum atomic E-state index is 13.0. The quantitative estimate of drug-likeness (QED) is 0.565. The zero-order chi connectivity index (χ0) is 20.4. The molecule has 4 rings (SSSR count). The SMILES string of the molecule is CCc1c(C(=O)Nc2cccc(-n3cnnc3C)c2)cnn1-c1ccc(C)cc1. The van der Waals surface area contributed by atoms with Gasteiger partial charge in [0.25, 0.3) is 5.91 Å². The smallest absolute Gasteiger partial charge is 0.259 e. The molecule has 29 heavy (non-hydrogen) atoms. The van der Waals surface area contributed by atoms with Crippen molar-refractivity contribution in [3.8, 4) is 11.4 Å². The van der Waals surface area contributed by atoms with E-state index in [-0.39, 0.29) is 5.91 Å². The van der Waals surface area contributed by atoms with Gasteiger partial charge in [0.15, 0.2) is 0 Å². The lowest BCUT2D eigenvalue weighted by atomic mass is 10.1. The van der Waals surface area contributed by atoms with Crippen LogP contribution in [0.1, 0.15) is 34.4 Å². The summed E-state index contributed by atoms with van der Waals surface area (Å²) in [5.74, 6) is 0.596. The van der Waals surface area contributed by atoms with E-state index >= 15 is 0 Å². The molecule has 4 aromatic rings. The lowest BCUT2D eigenvalue weighted by molar-refractivity contribution is 0.102. The number of hydrogen-bond acceptors (Lipinski definition) is 4. The molecule has 0 radical (unpaired) electrons. The average Bonchev–Trinajstić information content (AvgIpc) is 3.35. The number of carbonyl (C=O) groups is 1. The van der Waals surface area contributed by atoms with Crippen LogP contribution in [0.4, 0.5) is 5.69 Å². The lowest BCUT2D eigenvalue weighted by Gasteiger charge is -2.10. The molecule has 1 amide bonds. The molecule has 0 fully saturated rings. The highest BCUT2D eigenvalue weighted by Gasteiger charge is 2.17. The van der Waals surface area contributed by atoms with Gasteiger partial charge >= 0.3 is 0 Å². The van der Waals surface area contributed by atoms with Gasteiger partial charge in [0.2, 0.25) is 0 Å². The highest BCUT2D eigenvalue weighted by Crippen LogP contribution is 2.20. The van der Waals surface area contributed by atoms with Crippen molar-refractivity contribution in [2.24, 2.45) is 0 Å². The van der Waals surface area contributed by atoms with Crippen molar-refractivity contribution >= 4 is 11.6 Å². The van der Waals surface area contributed by atoms with Crippen LogP contribution in [0.15, 0.2) is 61.1 Å². The molecule has 7 heteroatoms. The number of anilines is 1. The van der Waals surface area contributed by atoms with Gasteiger partial charge in [-0.25, -0.2) is 4.68 Å². The number of nitrogens with zero attached hydrogens (tertiary/aromatic N) is 5. The number of carbonyl (C=O) groups excluding carboxylic acids is 1.